The highest BCUT2D eigenvalue weighted by molar-refractivity contribution is 7.80. The monoisotopic (exact) mass is 443 g/mol. The number of thiocarbonyl (C=S) groups is 1. The normalized spacial score (nSPS) is 11.3. The van der Waals surface area contributed by atoms with Crippen LogP contribution in [-0.2, 0) is 4.74 Å². The van der Waals surface area contributed by atoms with Crippen LogP contribution < -0.4 is 20.7 Å². The van der Waals surface area contributed by atoms with Crippen LogP contribution in [0, 0.1) is 0 Å². The van der Waals surface area contributed by atoms with Crippen molar-refractivity contribution in [1.82, 2.24) is 10.6 Å². The van der Waals surface area contributed by atoms with Gasteiger partial charge in [-0.15, -0.1) is 0 Å². The number of rotatable bonds is 10. The number of anilines is 1. The quantitative estimate of drug-likeness (QED) is 0.383. The lowest BCUT2D eigenvalue weighted by Crippen LogP contribution is -2.35. The van der Waals surface area contributed by atoms with Crippen LogP contribution in [0.25, 0.3) is 0 Å². The lowest BCUT2D eigenvalue weighted by molar-refractivity contribution is 0.0947. The van der Waals surface area contributed by atoms with Gasteiger partial charge in [0.25, 0.3) is 11.8 Å². The topological polar surface area (TPSA) is 88.7 Å². The summed E-state index contributed by atoms with van der Waals surface area (Å²) in [6.07, 6.45) is 1.63. The molecule has 0 radical (unpaired) electrons. The van der Waals surface area contributed by atoms with Crippen molar-refractivity contribution in [3.63, 3.8) is 0 Å². The summed E-state index contributed by atoms with van der Waals surface area (Å²) in [5, 5.41) is 8.51. The maximum absolute atomic E-state index is 12.6. The summed E-state index contributed by atoms with van der Waals surface area (Å²) < 4.78 is 10.7. The van der Waals surface area contributed by atoms with Gasteiger partial charge < -0.3 is 20.1 Å². The maximum Gasteiger partial charge on any atom is 0.257 e. The summed E-state index contributed by atoms with van der Waals surface area (Å²) in [5.74, 6) is 0.0215. The van der Waals surface area contributed by atoms with Crippen LogP contribution in [0.15, 0.2) is 48.5 Å². The molecule has 3 N–H and O–H groups in total. The van der Waals surface area contributed by atoms with Gasteiger partial charge in [0, 0.05) is 25.8 Å². The summed E-state index contributed by atoms with van der Waals surface area (Å²) in [7, 11) is 1.62. The third-order valence-electron chi connectivity index (χ3n) is 4.47. The molecule has 166 valence electrons. The van der Waals surface area contributed by atoms with E-state index < -0.39 is 0 Å². The van der Waals surface area contributed by atoms with E-state index in [0.717, 1.165) is 6.42 Å². The number of nitrogens with one attached hydrogen (secondary N) is 3. The average Bonchev–Trinajstić information content (AvgIpc) is 2.77. The molecule has 0 spiro atoms. The Bertz CT molecular complexity index is 904. The number of hydrogen-bond donors (Lipinski definition) is 3. The van der Waals surface area contributed by atoms with E-state index in [1.165, 1.54) is 0 Å². The first-order chi connectivity index (χ1) is 14.9. The van der Waals surface area contributed by atoms with Gasteiger partial charge in [0.05, 0.1) is 17.4 Å². The SMILES string of the molecule is CCC(C)Oc1cccc(C(=O)NC(=S)Nc2ccccc2C(=O)NCCCOC)c1. The van der Waals surface area contributed by atoms with Crippen LogP contribution in [0.3, 0.4) is 0 Å². The number of carbonyl (C=O) groups is 2. The first-order valence-electron chi connectivity index (χ1n) is 10.2. The van der Waals surface area contributed by atoms with Gasteiger partial charge in [0.1, 0.15) is 5.75 Å². The van der Waals surface area contributed by atoms with E-state index in [-0.39, 0.29) is 23.0 Å². The molecule has 0 saturated carbocycles. The zero-order valence-electron chi connectivity index (χ0n) is 18.1. The second kappa shape index (κ2) is 12.7. The summed E-state index contributed by atoms with van der Waals surface area (Å²) >= 11 is 5.28. The summed E-state index contributed by atoms with van der Waals surface area (Å²) in [5.41, 5.74) is 1.36. The summed E-state index contributed by atoms with van der Waals surface area (Å²) in [4.78, 5) is 25.1. The van der Waals surface area contributed by atoms with Gasteiger partial charge in [0.2, 0.25) is 0 Å². The Morgan fingerprint density at radius 3 is 2.61 bits per heavy atom. The van der Waals surface area contributed by atoms with Crippen LogP contribution in [0.4, 0.5) is 5.69 Å². The van der Waals surface area contributed by atoms with Crippen molar-refractivity contribution in [2.75, 3.05) is 25.6 Å². The van der Waals surface area contributed by atoms with E-state index in [9.17, 15) is 9.59 Å². The zero-order valence-corrected chi connectivity index (χ0v) is 18.9. The van der Waals surface area contributed by atoms with Crippen LogP contribution >= 0.6 is 12.2 Å². The molecule has 2 amide bonds. The molecule has 1 atom stereocenters. The number of amides is 2. The van der Waals surface area contributed by atoms with Gasteiger partial charge >= 0.3 is 0 Å². The Hall–Kier alpha value is -2.97. The zero-order chi connectivity index (χ0) is 22.6. The number of benzene rings is 2. The van der Waals surface area contributed by atoms with Crippen molar-refractivity contribution in [1.29, 1.82) is 0 Å². The van der Waals surface area contributed by atoms with Crippen LogP contribution in [-0.4, -0.2) is 43.3 Å². The van der Waals surface area contributed by atoms with E-state index in [1.54, 1.807) is 55.6 Å². The molecule has 0 bridgehead atoms. The predicted octanol–water partition coefficient (Wildman–Crippen LogP) is 3.76. The van der Waals surface area contributed by atoms with Crippen molar-refractivity contribution < 1.29 is 19.1 Å². The molecule has 8 heteroatoms. The third-order valence-corrected chi connectivity index (χ3v) is 4.67. The van der Waals surface area contributed by atoms with E-state index in [1.807, 2.05) is 13.8 Å². The molecule has 0 aliphatic heterocycles. The smallest absolute Gasteiger partial charge is 0.257 e. The molecule has 2 aromatic rings. The molecule has 0 aromatic heterocycles. The number of methoxy groups -OCH3 is 1. The van der Waals surface area contributed by atoms with E-state index >= 15 is 0 Å². The molecule has 0 fully saturated rings. The number of para-hydroxylation sites is 1. The number of ether oxygens (including phenoxy) is 2. The molecular weight excluding hydrogens is 414 g/mol. The molecule has 0 aliphatic rings. The van der Waals surface area contributed by atoms with Crippen molar-refractivity contribution in [2.24, 2.45) is 0 Å². The fourth-order valence-corrected chi connectivity index (χ4v) is 2.86. The molecule has 31 heavy (non-hydrogen) atoms. The third kappa shape index (κ3) is 7.99. The molecule has 2 rings (SSSR count). The van der Waals surface area contributed by atoms with Gasteiger partial charge in [-0.1, -0.05) is 25.1 Å². The molecule has 0 saturated heterocycles. The second-order valence-electron chi connectivity index (χ2n) is 6.92. The predicted molar refractivity (Wildman–Crippen MR) is 126 cm³/mol. The first-order valence-corrected chi connectivity index (χ1v) is 10.6. The van der Waals surface area contributed by atoms with E-state index in [4.69, 9.17) is 21.7 Å². The van der Waals surface area contributed by atoms with Crippen molar-refractivity contribution in [3.05, 3.63) is 59.7 Å². The minimum atomic E-state index is -0.367. The maximum atomic E-state index is 12.6. The Morgan fingerprint density at radius 2 is 1.87 bits per heavy atom. The van der Waals surface area contributed by atoms with Crippen molar-refractivity contribution in [3.8, 4) is 5.75 Å². The molecule has 1 unspecified atom stereocenters. The average molecular weight is 444 g/mol. The van der Waals surface area contributed by atoms with Gasteiger partial charge in [0.15, 0.2) is 5.11 Å². The number of carbonyl (C=O) groups excluding carboxylic acids is 2. The Kier molecular flexibility index (Phi) is 9.93. The van der Waals surface area contributed by atoms with Gasteiger partial charge in [-0.2, -0.15) is 0 Å². The Labute approximate surface area is 188 Å². The second-order valence-corrected chi connectivity index (χ2v) is 7.33. The molecule has 0 aliphatic carbocycles. The van der Waals surface area contributed by atoms with Gasteiger partial charge in [-0.25, -0.2) is 0 Å². The molecule has 7 nitrogen and oxygen atoms in total. The van der Waals surface area contributed by atoms with E-state index in [0.29, 0.717) is 42.1 Å². The first kappa shape index (κ1) is 24.3. The summed E-state index contributed by atoms with van der Waals surface area (Å²) in [6.45, 7) is 5.07. The Balaban J connectivity index is 1.99. The molecular formula is C23H29N3O4S. The highest BCUT2D eigenvalue weighted by Crippen LogP contribution is 2.17. The van der Waals surface area contributed by atoms with Crippen LogP contribution in [0.1, 0.15) is 47.4 Å². The highest BCUT2D eigenvalue weighted by Gasteiger charge is 2.14. The van der Waals surface area contributed by atoms with Crippen LogP contribution in [0.5, 0.6) is 5.75 Å². The van der Waals surface area contributed by atoms with E-state index in [2.05, 4.69) is 16.0 Å². The Morgan fingerprint density at radius 1 is 1.10 bits per heavy atom. The van der Waals surface area contributed by atoms with Gasteiger partial charge in [-0.3, -0.25) is 14.9 Å². The fourth-order valence-electron chi connectivity index (χ4n) is 2.66. The highest BCUT2D eigenvalue weighted by atomic mass is 32.1. The van der Waals surface area contributed by atoms with Gasteiger partial charge in [-0.05, 0) is 62.3 Å². The standard InChI is InChI=1S/C23H29N3O4S/c1-4-16(2)30-18-10-7-9-17(15-18)21(27)26-23(31)25-20-12-6-5-11-19(20)22(28)24-13-8-14-29-3/h5-7,9-12,15-16H,4,8,13-14H2,1-3H3,(H,24,28)(H2,25,26,27,31). The lowest BCUT2D eigenvalue weighted by atomic mass is 10.1. The minimum absolute atomic E-state index is 0.0539. The van der Waals surface area contributed by atoms with Crippen molar-refractivity contribution >= 4 is 34.8 Å². The lowest BCUT2D eigenvalue weighted by Gasteiger charge is -2.15. The largest absolute Gasteiger partial charge is 0.491 e. The minimum Gasteiger partial charge on any atom is -0.491 e. The number of hydrogen-bond acceptors (Lipinski definition) is 5. The summed E-state index contributed by atoms with van der Waals surface area (Å²) in [6, 6.07) is 13.9. The molecule has 2 aromatic carbocycles. The van der Waals surface area contributed by atoms with Crippen LogP contribution in [0.2, 0.25) is 0 Å². The fraction of sp³-hybridized carbons (Fsp3) is 0.348. The molecule has 0 heterocycles. The van der Waals surface area contributed by atoms with Crippen molar-refractivity contribution in [2.45, 2.75) is 32.8 Å².